The third-order valence-electron chi connectivity index (χ3n) is 2.41. The van der Waals surface area contributed by atoms with Crippen molar-refractivity contribution in [2.75, 3.05) is 5.32 Å². The molecule has 0 fully saturated rings. The second-order valence-corrected chi connectivity index (χ2v) is 4.43. The summed E-state index contributed by atoms with van der Waals surface area (Å²) in [5.41, 5.74) is 2.45. The number of nitrogens with one attached hydrogen (secondary N) is 1. The molecular weight excluding hydrogens is 242 g/mol. The van der Waals surface area contributed by atoms with Crippen LogP contribution in [0.3, 0.4) is 0 Å². The Balaban J connectivity index is 2.74. The molecule has 0 heterocycles. The normalized spacial score (nSPS) is 10.8. The highest BCUT2D eigenvalue weighted by Gasteiger charge is 2.05. The van der Waals surface area contributed by atoms with Crippen LogP contribution in [-0.2, 0) is 4.79 Å². The largest absolute Gasteiger partial charge is 0.478 e. The van der Waals surface area contributed by atoms with E-state index in [9.17, 15) is 9.59 Å². The van der Waals surface area contributed by atoms with Gasteiger partial charge in [-0.2, -0.15) is 0 Å². The molecular formula is C15H17NO3. The van der Waals surface area contributed by atoms with Gasteiger partial charge in [0, 0.05) is 11.3 Å². The zero-order chi connectivity index (χ0) is 14.4. The number of benzene rings is 1. The standard InChI is InChI=1S/C15H17NO3/c1-10(2)4-5-11(3)14(17)16-13-8-6-12(7-9-13)15(18)19/h4-9H,1-3H3,(H,16,17)(H,18,19)/b11-5+. The van der Waals surface area contributed by atoms with E-state index in [0.717, 1.165) is 5.57 Å². The van der Waals surface area contributed by atoms with Crippen molar-refractivity contribution in [2.45, 2.75) is 20.8 Å². The summed E-state index contributed by atoms with van der Waals surface area (Å²) in [6.45, 7) is 5.62. The van der Waals surface area contributed by atoms with E-state index in [1.165, 1.54) is 12.1 Å². The summed E-state index contributed by atoms with van der Waals surface area (Å²) >= 11 is 0. The van der Waals surface area contributed by atoms with E-state index in [0.29, 0.717) is 11.3 Å². The molecule has 0 radical (unpaired) electrons. The lowest BCUT2D eigenvalue weighted by atomic mass is 10.2. The van der Waals surface area contributed by atoms with Gasteiger partial charge in [0.25, 0.3) is 5.91 Å². The number of carboxylic acids is 1. The number of carbonyl (C=O) groups excluding carboxylic acids is 1. The summed E-state index contributed by atoms with van der Waals surface area (Å²) in [6, 6.07) is 6.03. The van der Waals surface area contributed by atoms with Crippen LogP contribution in [0.15, 0.2) is 47.6 Å². The quantitative estimate of drug-likeness (QED) is 0.644. The van der Waals surface area contributed by atoms with Gasteiger partial charge in [-0.15, -0.1) is 0 Å². The molecule has 19 heavy (non-hydrogen) atoms. The first-order valence-electron chi connectivity index (χ1n) is 5.86. The van der Waals surface area contributed by atoms with E-state index in [4.69, 9.17) is 5.11 Å². The maximum Gasteiger partial charge on any atom is 0.335 e. The number of carboxylic acid groups (broad SMARTS) is 1. The van der Waals surface area contributed by atoms with Crippen LogP contribution in [0.2, 0.25) is 0 Å². The topological polar surface area (TPSA) is 66.4 Å². The molecule has 0 saturated heterocycles. The predicted octanol–water partition coefficient (Wildman–Crippen LogP) is 3.24. The average molecular weight is 259 g/mol. The molecule has 1 aromatic rings. The van der Waals surface area contributed by atoms with Crippen molar-refractivity contribution in [1.82, 2.24) is 0 Å². The Hall–Kier alpha value is -2.36. The third-order valence-corrected chi connectivity index (χ3v) is 2.41. The maximum atomic E-state index is 11.8. The Morgan fingerprint density at radius 1 is 1.05 bits per heavy atom. The van der Waals surface area contributed by atoms with Gasteiger partial charge in [-0.05, 0) is 45.0 Å². The fraction of sp³-hybridized carbons (Fsp3) is 0.200. The number of aromatic carboxylic acids is 1. The van der Waals surface area contributed by atoms with E-state index in [-0.39, 0.29) is 11.5 Å². The van der Waals surface area contributed by atoms with Gasteiger partial charge < -0.3 is 10.4 Å². The third kappa shape index (κ3) is 4.79. The molecule has 4 nitrogen and oxygen atoms in total. The fourth-order valence-electron chi connectivity index (χ4n) is 1.29. The SMILES string of the molecule is CC(C)=C/C=C(\C)C(=O)Nc1ccc(C(=O)O)cc1. The lowest BCUT2D eigenvalue weighted by molar-refractivity contribution is -0.112. The Kier molecular flexibility index (Phi) is 5.06. The zero-order valence-electron chi connectivity index (χ0n) is 11.2. The summed E-state index contributed by atoms with van der Waals surface area (Å²) in [7, 11) is 0. The van der Waals surface area contributed by atoms with Gasteiger partial charge >= 0.3 is 5.97 Å². The minimum absolute atomic E-state index is 0.190. The molecule has 1 amide bonds. The van der Waals surface area contributed by atoms with Gasteiger partial charge in [0.1, 0.15) is 0 Å². The number of carbonyl (C=O) groups is 2. The summed E-state index contributed by atoms with van der Waals surface area (Å²) in [6.07, 6.45) is 3.61. The van der Waals surface area contributed by atoms with Crippen molar-refractivity contribution in [3.8, 4) is 0 Å². The molecule has 2 N–H and O–H groups in total. The lowest BCUT2D eigenvalue weighted by Gasteiger charge is -2.05. The summed E-state index contributed by atoms with van der Waals surface area (Å²) in [5, 5.41) is 11.5. The van der Waals surface area contributed by atoms with Crippen LogP contribution in [0.4, 0.5) is 5.69 Å². The molecule has 0 aromatic heterocycles. The molecule has 4 heteroatoms. The highest BCUT2D eigenvalue weighted by molar-refractivity contribution is 6.03. The highest BCUT2D eigenvalue weighted by atomic mass is 16.4. The van der Waals surface area contributed by atoms with Crippen molar-refractivity contribution in [3.63, 3.8) is 0 Å². The van der Waals surface area contributed by atoms with Crippen molar-refractivity contribution in [3.05, 3.63) is 53.1 Å². The van der Waals surface area contributed by atoms with E-state index in [1.807, 2.05) is 19.9 Å². The Labute approximate surface area is 112 Å². The first kappa shape index (κ1) is 14.7. The lowest BCUT2D eigenvalue weighted by Crippen LogP contribution is -2.12. The smallest absolute Gasteiger partial charge is 0.335 e. The van der Waals surface area contributed by atoms with Gasteiger partial charge in [0.2, 0.25) is 0 Å². The highest BCUT2D eigenvalue weighted by Crippen LogP contribution is 2.11. The molecule has 0 aliphatic heterocycles. The second kappa shape index (κ2) is 6.54. The molecule has 0 aliphatic carbocycles. The molecule has 0 atom stereocenters. The predicted molar refractivity (Wildman–Crippen MR) is 75.2 cm³/mol. The van der Waals surface area contributed by atoms with Crippen LogP contribution < -0.4 is 5.32 Å². The van der Waals surface area contributed by atoms with Gasteiger partial charge in [-0.3, -0.25) is 4.79 Å². The molecule has 0 aliphatic rings. The number of allylic oxidation sites excluding steroid dienone is 3. The van der Waals surface area contributed by atoms with E-state index in [2.05, 4.69) is 5.32 Å². The summed E-state index contributed by atoms with van der Waals surface area (Å²) < 4.78 is 0. The number of rotatable bonds is 4. The number of hydrogen-bond donors (Lipinski definition) is 2. The van der Waals surface area contributed by atoms with Crippen LogP contribution in [0.5, 0.6) is 0 Å². The molecule has 0 saturated carbocycles. The van der Waals surface area contributed by atoms with Gasteiger partial charge in [-0.1, -0.05) is 17.7 Å². The van der Waals surface area contributed by atoms with Gasteiger partial charge in [0.15, 0.2) is 0 Å². The van der Waals surface area contributed by atoms with Crippen LogP contribution in [0.1, 0.15) is 31.1 Å². The molecule has 1 aromatic carbocycles. The first-order valence-corrected chi connectivity index (χ1v) is 5.86. The summed E-state index contributed by atoms with van der Waals surface area (Å²) in [4.78, 5) is 22.5. The number of anilines is 1. The van der Waals surface area contributed by atoms with Crippen molar-refractivity contribution >= 4 is 17.6 Å². The van der Waals surface area contributed by atoms with Crippen LogP contribution in [0, 0.1) is 0 Å². The molecule has 1 rings (SSSR count). The monoisotopic (exact) mass is 259 g/mol. The Bertz CT molecular complexity index is 535. The van der Waals surface area contributed by atoms with Gasteiger partial charge in [-0.25, -0.2) is 4.79 Å². The second-order valence-electron chi connectivity index (χ2n) is 4.43. The maximum absolute atomic E-state index is 11.8. The average Bonchev–Trinajstić information content (AvgIpc) is 2.36. The molecule has 0 bridgehead atoms. The van der Waals surface area contributed by atoms with Crippen molar-refractivity contribution in [1.29, 1.82) is 0 Å². The Morgan fingerprint density at radius 2 is 1.63 bits per heavy atom. The number of amides is 1. The first-order chi connectivity index (χ1) is 8.90. The number of hydrogen-bond acceptors (Lipinski definition) is 2. The minimum Gasteiger partial charge on any atom is -0.478 e. The molecule has 0 unspecified atom stereocenters. The molecule has 100 valence electrons. The van der Waals surface area contributed by atoms with E-state index < -0.39 is 5.97 Å². The van der Waals surface area contributed by atoms with Crippen LogP contribution in [0.25, 0.3) is 0 Å². The molecule has 0 spiro atoms. The van der Waals surface area contributed by atoms with Crippen LogP contribution >= 0.6 is 0 Å². The minimum atomic E-state index is -0.988. The summed E-state index contributed by atoms with van der Waals surface area (Å²) in [5.74, 6) is -1.20. The van der Waals surface area contributed by atoms with Crippen molar-refractivity contribution in [2.24, 2.45) is 0 Å². The van der Waals surface area contributed by atoms with Crippen LogP contribution in [-0.4, -0.2) is 17.0 Å². The zero-order valence-corrected chi connectivity index (χ0v) is 11.2. The van der Waals surface area contributed by atoms with Crippen molar-refractivity contribution < 1.29 is 14.7 Å². The fourth-order valence-corrected chi connectivity index (χ4v) is 1.29. The van der Waals surface area contributed by atoms with E-state index in [1.54, 1.807) is 25.1 Å². The Morgan fingerprint density at radius 3 is 2.11 bits per heavy atom. The van der Waals surface area contributed by atoms with Gasteiger partial charge in [0.05, 0.1) is 5.56 Å². The van der Waals surface area contributed by atoms with E-state index >= 15 is 0 Å².